The summed E-state index contributed by atoms with van der Waals surface area (Å²) in [6.45, 7) is 0.723. The van der Waals surface area contributed by atoms with E-state index in [1.54, 1.807) is 4.90 Å². The molecule has 3 N–H and O–H groups in total. The highest BCUT2D eigenvalue weighted by molar-refractivity contribution is 5.18. The van der Waals surface area contributed by atoms with Crippen LogP contribution in [0, 0.1) is 0 Å². The van der Waals surface area contributed by atoms with Crippen molar-refractivity contribution in [2.75, 3.05) is 6.54 Å². The number of nitrogens with zero attached hydrogens (tertiary/aromatic N) is 1. The van der Waals surface area contributed by atoms with Crippen LogP contribution in [0.5, 0.6) is 0 Å². The third kappa shape index (κ3) is 0.957. The second-order valence-electron chi connectivity index (χ2n) is 3.31. The van der Waals surface area contributed by atoms with Crippen LogP contribution in [0.3, 0.4) is 0 Å². The van der Waals surface area contributed by atoms with E-state index in [2.05, 4.69) is 0 Å². The number of aliphatic hydroxyl groups excluding tert-OH is 3. The summed E-state index contributed by atoms with van der Waals surface area (Å²) in [5.41, 5.74) is 0.682. The average Bonchev–Trinajstić information content (AvgIpc) is 2.33. The van der Waals surface area contributed by atoms with Gasteiger partial charge in [-0.05, 0) is 12.8 Å². The van der Waals surface area contributed by atoms with Crippen LogP contribution in [-0.4, -0.2) is 45.2 Å². The van der Waals surface area contributed by atoms with E-state index in [1.165, 1.54) is 0 Å². The van der Waals surface area contributed by atoms with Crippen molar-refractivity contribution in [1.29, 1.82) is 0 Å². The molecule has 1 saturated heterocycles. The minimum absolute atomic E-state index is 0.682. The lowest BCUT2D eigenvalue weighted by molar-refractivity contribution is -0.0545. The highest BCUT2D eigenvalue weighted by atomic mass is 16.4. The standard InChI is InChI=1S/C8H13NO3/c10-6-5-3-1-2-4-9(5)8(12)7(6)11/h3,6-8,10-12H,1-2,4H2. The van der Waals surface area contributed by atoms with Gasteiger partial charge in [-0.15, -0.1) is 0 Å². The molecule has 0 radical (unpaired) electrons. The van der Waals surface area contributed by atoms with E-state index in [-0.39, 0.29) is 0 Å². The van der Waals surface area contributed by atoms with Crippen molar-refractivity contribution in [1.82, 2.24) is 4.90 Å². The van der Waals surface area contributed by atoms with Crippen LogP contribution in [0.4, 0.5) is 0 Å². The Kier molecular flexibility index (Phi) is 1.83. The Hall–Kier alpha value is -0.580. The Morgan fingerprint density at radius 2 is 2.08 bits per heavy atom. The summed E-state index contributed by atoms with van der Waals surface area (Å²) in [5, 5.41) is 28.2. The van der Waals surface area contributed by atoms with E-state index in [4.69, 9.17) is 0 Å². The Bertz CT molecular complexity index is 216. The summed E-state index contributed by atoms with van der Waals surface area (Å²) in [6.07, 6.45) is 0.900. The minimum atomic E-state index is -1.05. The minimum Gasteiger partial charge on any atom is -0.385 e. The SMILES string of the molecule is OC1C2=CCCCN2C(O)C1O. The number of fused-ring (bicyclic) bond motifs is 1. The Labute approximate surface area is 70.7 Å². The van der Waals surface area contributed by atoms with Crippen molar-refractivity contribution in [3.8, 4) is 0 Å². The highest BCUT2D eigenvalue weighted by Crippen LogP contribution is 2.30. The van der Waals surface area contributed by atoms with Crippen LogP contribution >= 0.6 is 0 Å². The quantitative estimate of drug-likeness (QED) is 0.438. The van der Waals surface area contributed by atoms with Gasteiger partial charge in [0.2, 0.25) is 0 Å². The second-order valence-corrected chi connectivity index (χ2v) is 3.31. The fourth-order valence-corrected chi connectivity index (χ4v) is 1.86. The molecular weight excluding hydrogens is 158 g/mol. The van der Waals surface area contributed by atoms with Gasteiger partial charge >= 0.3 is 0 Å². The zero-order chi connectivity index (χ0) is 8.72. The molecule has 2 heterocycles. The molecule has 0 aromatic heterocycles. The first-order valence-corrected chi connectivity index (χ1v) is 4.22. The van der Waals surface area contributed by atoms with Crippen molar-refractivity contribution in [2.45, 2.75) is 31.3 Å². The van der Waals surface area contributed by atoms with Crippen molar-refractivity contribution >= 4 is 0 Å². The lowest BCUT2D eigenvalue weighted by atomic mass is 10.1. The van der Waals surface area contributed by atoms with Crippen LogP contribution in [0.1, 0.15) is 12.8 Å². The molecule has 0 amide bonds. The number of allylic oxidation sites excluding steroid dienone is 1. The van der Waals surface area contributed by atoms with Gasteiger partial charge in [0.1, 0.15) is 12.2 Å². The Morgan fingerprint density at radius 3 is 2.75 bits per heavy atom. The monoisotopic (exact) mass is 171 g/mol. The molecule has 2 aliphatic rings. The lowest BCUT2D eigenvalue weighted by Gasteiger charge is -2.27. The maximum Gasteiger partial charge on any atom is 0.155 e. The van der Waals surface area contributed by atoms with E-state index < -0.39 is 18.4 Å². The van der Waals surface area contributed by atoms with Crippen LogP contribution < -0.4 is 0 Å². The summed E-state index contributed by atoms with van der Waals surface area (Å²) in [5.74, 6) is 0. The van der Waals surface area contributed by atoms with Crippen LogP contribution in [0.2, 0.25) is 0 Å². The van der Waals surface area contributed by atoms with Gasteiger partial charge in [0.25, 0.3) is 0 Å². The van der Waals surface area contributed by atoms with E-state index in [9.17, 15) is 15.3 Å². The maximum atomic E-state index is 9.44. The molecule has 68 valence electrons. The lowest BCUT2D eigenvalue weighted by Crippen LogP contribution is -2.36. The second kappa shape index (κ2) is 2.73. The zero-order valence-corrected chi connectivity index (χ0v) is 6.72. The largest absolute Gasteiger partial charge is 0.385 e. The summed E-state index contributed by atoms with van der Waals surface area (Å²) in [6, 6.07) is 0. The van der Waals surface area contributed by atoms with Gasteiger partial charge in [-0.3, -0.25) is 0 Å². The predicted octanol–water partition coefficient (Wildman–Crippen LogP) is -0.980. The summed E-state index contributed by atoms with van der Waals surface area (Å²) < 4.78 is 0. The predicted molar refractivity (Wildman–Crippen MR) is 42.0 cm³/mol. The molecule has 0 spiro atoms. The molecule has 2 aliphatic heterocycles. The molecule has 12 heavy (non-hydrogen) atoms. The molecule has 0 aromatic rings. The fourth-order valence-electron chi connectivity index (χ4n) is 1.86. The number of aliphatic hydroxyl groups is 3. The first-order chi connectivity index (χ1) is 5.72. The molecule has 0 aliphatic carbocycles. The maximum absolute atomic E-state index is 9.44. The molecular formula is C8H13NO3. The molecule has 4 nitrogen and oxygen atoms in total. The van der Waals surface area contributed by atoms with Gasteiger partial charge < -0.3 is 20.2 Å². The van der Waals surface area contributed by atoms with Gasteiger partial charge in [0, 0.05) is 12.2 Å². The van der Waals surface area contributed by atoms with Gasteiger partial charge in [0.15, 0.2) is 6.23 Å². The summed E-state index contributed by atoms with van der Waals surface area (Å²) >= 11 is 0. The van der Waals surface area contributed by atoms with Gasteiger partial charge in [-0.1, -0.05) is 6.08 Å². The van der Waals surface area contributed by atoms with Crippen molar-refractivity contribution in [3.05, 3.63) is 11.8 Å². The van der Waals surface area contributed by atoms with E-state index >= 15 is 0 Å². The number of hydrogen-bond acceptors (Lipinski definition) is 4. The molecule has 3 unspecified atom stereocenters. The van der Waals surface area contributed by atoms with Crippen LogP contribution in [0.25, 0.3) is 0 Å². The molecule has 0 bridgehead atoms. The van der Waals surface area contributed by atoms with Crippen molar-refractivity contribution in [2.24, 2.45) is 0 Å². The first kappa shape index (κ1) is 8.04. The Morgan fingerprint density at radius 1 is 1.33 bits per heavy atom. The van der Waals surface area contributed by atoms with E-state index in [0.29, 0.717) is 5.70 Å². The van der Waals surface area contributed by atoms with E-state index in [0.717, 1.165) is 19.4 Å². The van der Waals surface area contributed by atoms with E-state index in [1.807, 2.05) is 6.08 Å². The molecule has 4 heteroatoms. The molecule has 2 rings (SSSR count). The van der Waals surface area contributed by atoms with Gasteiger partial charge in [0.05, 0.1) is 0 Å². The molecule has 0 aromatic carbocycles. The molecule has 3 atom stereocenters. The fraction of sp³-hybridized carbons (Fsp3) is 0.750. The van der Waals surface area contributed by atoms with Crippen molar-refractivity contribution in [3.63, 3.8) is 0 Å². The number of rotatable bonds is 0. The molecule has 1 fully saturated rings. The Balaban J connectivity index is 2.27. The summed E-state index contributed by atoms with van der Waals surface area (Å²) in [4.78, 5) is 1.67. The first-order valence-electron chi connectivity index (χ1n) is 4.22. The zero-order valence-electron chi connectivity index (χ0n) is 6.72. The van der Waals surface area contributed by atoms with Gasteiger partial charge in [-0.2, -0.15) is 0 Å². The smallest absolute Gasteiger partial charge is 0.155 e. The summed E-state index contributed by atoms with van der Waals surface area (Å²) in [7, 11) is 0. The van der Waals surface area contributed by atoms with Crippen molar-refractivity contribution < 1.29 is 15.3 Å². The van der Waals surface area contributed by atoms with Gasteiger partial charge in [-0.25, -0.2) is 0 Å². The third-order valence-electron chi connectivity index (χ3n) is 2.54. The third-order valence-corrected chi connectivity index (χ3v) is 2.54. The van der Waals surface area contributed by atoms with Crippen LogP contribution in [-0.2, 0) is 0 Å². The number of hydrogen-bond donors (Lipinski definition) is 3. The molecule has 0 saturated carbocycles. The average molecular weight is 171 g/mol. The highest BCUT2D eigenvalue weighted by Gasteiger charge is 2.42. The topological polar surface area (TPSA) is 63.9 Å². The normalized spacial score (nSPS) is 41.1. The van der Waals surface area contributed by atoms with Crippen LogP contribution in [0.15, 0.2) is 11.8 Å².